The first kappa shape index (κ1) is 16.2. The fourth-order valence-electron chi connectivity index (χ4n) is 2.90. The highest BCUT2D eigenvalue weighted by Crippen LogP contribution is 2.14. The number of nitrogens with zero attached hydrogens (tertiary/aromatic N) is 4. The van der Waals surface area contributed by atoms with Crippen molar-refractivity contribution in [1.29, 1.82) is 0 Å². The van der Waals surface area contributed by atoms with E-state index in [0.717, 1.165) is 44.7 Å². The van der Waals surface area contributed by atoms with E-state index in [1.54, 1.807) is 11.3 Å². The van der Waals surface area contributed by atoms with Crippen LogP contribution in [-0.2, 0) is 6.54 Å². The van der Waals surface area contributed by atoms with Crippen molar-refractivity contribution in [3.05, 3.63) is 40.3 Å². The van der Waals surface area contributed by atoms with Gasteiger partial charge in [0.25, 0.3) is 5.91 Å². The van der Waals surface area contributed by atoms with Crippen LogP contribution in [0.1, 0.15) is 42.2 Å². The van der Waals surface area contributed by atoms with E-state index in [1.165, 1.54) is 5.56 Å². The molecule has 0 spiro atoms. The van der Waals surface area contributed by atoms with Crippen molar-refractivity contribution in [3.63, 3.8) is 0 Å². The van der Waals surface area contributed by atoms with Crippen LogP contribution in [0.4, 0.5) is 0 Å². The molecule has 0 bridgehead atoms. The van der Waals surface area contributed by atoms with Gasteiger partial charge in [0.05, 0.1) is 11.8 Å². The normalized spacial score (nSPS) is 16.7. The maximum Gasteiger partial charge on any atom is 0.254 e. The lowest BCUT2D eigenvalue weighted by Crippen LogP contribution is -2.34. The number of thiophene rings is 1. The molecule has 1 fully saturated rings. The number of aromatic nitrogens is 2. The minimum atomic E-state index is 0.167. The second-order valence-corrected chi connectivity index (χ2v) is 7.14. The molecule has 1 aliphatic heterocycles. The molecule has 0 unspecified atom stereocenters. The Morgan fingerprint density at radius 2 is 2.17 bits per heavy atom. The van der Waals surface area contributed by atoms with Crippen molar-refractivity contribution in [2.24, 2.45) is 0 Å². The highest BCUT2D eigenvalue weighted by Gasteiger charge is 2.20. The van der Waals surface area contributed by atoms with Crippen molar-refractivity contribution >= 4 is 17.2 Å². The van der Waals surface area contributed by atoms with E-state index in [0.29, 0.717) is 6.04 Å². The van der Waals surface area contributed by atoms with E-state index in [4.69, 9.17) is 0 Å². The van der Waals surface area contributed by atoms with Gasteiger partial charge in [-0.15, -0.1) is 0 Å². The third-order valence-electron chi connectivity index (χ3n) is 4.23. The van der Waals surface area contributed by atoms with E-state index in [9.17, 15) is 4.79 Å². The Morgan fingerprint density at radius 3 is 2.87 bits per heavy atom. The third-order valence-corrected chi connectivity index (χ3v) is 4.92. The summed E-state index contributed by atoms with van der Waals surface area (Å²) in [5.74, 6) is 0.167. The molecule has 0 aromatic carbocycles. The summed E-state index contributed by atoms with van der Waals surface area (Å²) < 4.78 is 2.00. The molecule has 0 saturated carbocycles. The van der Waals surface area contributed by atoms with E-state index >= 15 is 0 Å². The molecular formula is C17H24N4OS. The van der Waals surface area contributed by atoms with Crippen LogP contribution >= 0.6 is 11.3 Å². The van der Waals surface area contributed by atoms with E-state index in [2.05, 4.69) is 30.0 Å². The minimum absolute atomic E-state index is 0.167. The van der Waals surface area contributed by atoms with Crippen LogP contribution in [0.5, 0.6) is 0 Å². The summed E-state index contributed by atoms with van der Waals surface area (Å²) in [7, 11) is 0. The van der Waals surface area contributed by atoms with Crippen LogP contribution in [0, 0.1) is 0 Å². The van der Waals surface area contributed by atoms with Gasteiger partial charge in [-0.1, -0.05) is 0 Å². The summed E-state index contributed by atoms with van der Waals surface area (Å²) in [5, 5.41) is 8.31. The minimum Gasteiger partial charge on any atom is -0.337 e. The van der Waals surface area contributed by atoms with Gasteiger partial charge < -0.3 is 4.90 Å². The van der Waals surface area contributed by atoms with Crippen LogP contribution in [0.2, 0.25) is 0 Å². The van der Waals surface area contributed by atoms with Gasteiger partial charge in [-0.05, 0) is 31.7 Å². The van der Waals surface area contributed by atoms with Crippen molar-refractivity contribution in [1.82, 2.24) is 19.6 Å². The maximum absolute atomic E-state index is 12.5. The van der Waals surface area contributed by atoms with Gasteiger partial charge in [0.2, 0.25) is 0 Å². The lowest BCUT2D eigenvalue weighted by atomic mass is 10.3. The van der Waals surface area contributed by atoms with Crippen LogP contribution in [0.3, 0.4) is 0 Å². The van der Waals surface area contributed by atoms with Crippen LogP contribution in [0.15, 0.2) is 29.2 Å². The molecule has 5 nitrogen and oxygen atoms in total. The average molecular weight is 332 g/mol. The van der Waals surface area contributed by atoms with Crippen LogP contribution < -0.4 is 0 Å². The van der Waals surface area contributed by atoms with E-state index in [-0.39, 0.29) is 5.91 Å². The molecule has 0 N–H and O–H groups in total. The lowest BCUT2D eigenvalue weighted by molar-refractivity contribution is 0.0761. The molecule has 3 heterocycles. The van der Waals surface area contributed by atoms with Gasteiger partial charge in [-0.2, -0.15) is 16.4 Å². The first-order valence-electron chi connectivity index (χ1n) is 8.20. The molecular weight excluding hydrogens is 308 g/mol. The Balaban J connectivity index is 1.56. The molecule has 0 radical (unpaired) electrons. The third kappa shape index (κ3) is 4.00. The Labute approximate surface area is 141 Å². The summed E-state index contributed by atoms with van der Waals surface area (Å²) in [5.41, 5.74) is 2.07. The monoisotopic (exact) mass is 332 g/mol. The van der Waals surface area contributed by atoms with Crippen molar-refractivity contribution in [2.75, 3.05) is 26.2 Å². The van der Waals surface area contributed by atoms with Crippen molar-refractivity contribution in [2.45, 2.75) is 32.9 Å². The molecule has 1 aliphatic rings. The SMILES string of the molecule is CC(C)n1cc(CN2CCCN(C(=O)c3ccsc3)CC2)cn1. The summed E-state index contributed by atoms with van der Waals surface area (Å²) in [6.45, 7) is 8.77. The smallest absolute Gasteiger partial charge is 0.254 e. The first-order valence-corrected chi connectivity index (χ1v) is 9.14. The number of rotatable bonds is 4. The molecule has 2 aromatic heterocycles. The summed E-state index contributed by atoms with van der Waals surface area (Å²) in [6.07, 6.45) is 5.11. The number of carbonyl (C=O) groups is 1. The number of hydrogen-bond acceptors (Lipinski definition) is 4. The molecule has 0 atom stereocenters. The zero-order valence-electron chi connectivity index (χ0n) is 13.8. The highest BCUT2D eigenvalue weighted by atomic mass is 32.1. The molecule has 2 aromatic rings. The fraction of sp³-hybridized carbons (Fsp3) is 0.529. The maximum atomic E-state index is 12.5. The van der Waals surface area contributed by atoms with Gasteiger partial charge in [-0.25, -0.2) is 0 Å². The molecule has 23 heavy (non-hydrogen) atoms. The van der Waals surface area contributed by atoms with Gasteiger partial charge in [0.15, 0.2) is 0 Å². The van der Waals surface area contributed by atoms with E-state index < -0.39 is 0 Å². The zero-order chi connectivity index (χ0) is 16.2. The predicted molar refractivity (Wildman–Crippen MR) is 92.7 cm³/mol. The second-order valence-electron chi connectivity index (χ2n) is 6.36. The van der Waals surface area contributed by atoms with Crippen molar-refractivity contribution in [3.8, 4) is 0 Å². The van der Waals surface area contributed by atoms with Crippen molar-refractivity contribution < 1.29 is 4.79 Å². The standard InChI is InChI=1S/C17H24N4OS/c1-14(2)21-12-15(10-18-21)11-19-5-3-6-20(8-7-19)17(22)16-4-9-23-13-16/h4,9-10,12-14H,3,5-8,11H2,1-2H3. The first-order chi connectivity index (χ1) is 11.1. The lowest BCUT2D eigenvalue weighted by Gasteiger charge is -2.21. The number of amides is 1. The summed E-state index contributed by atoms with van der Waals surface area (Å²) in [4.78, 5) is 16.9. The van der Waals surface area contributed by atoms with Gasteiger partial charge in [0, 0.05) is 55.9 Å². The van der Waals surface area contributed by atoms with Gasteiger partial charge in [0.1, 0.15) is 0 Å². The van der Waals surface area contributed by atoms with Crippen LogP contribution in [0.25, 0.3) is 0 Å². The van der Waals surface area contributed by atoms with Gasteiger partial charge in [-0.3, -0.25) is 14.4 Å². The molecule has 1 amide bonds. The summed E-state index contributed by atoms with van der Waals surface area (Å²) >= 11 is 1.58. The average Bonchev–Trinajstić information content (AvgIpc) is 3.16. The Morgan fingerprint density at radius 1 is 1.30 bits per heavy atom. The fourth-order valence-corrected chi connectivity index (χ4v) is 3.53. The largest absolute Gasteiger partial charge is 0.337 e. The summed E-state index contributed by atoms with van der Waals surface area (Å²) in [6, 6.07) is 2.31. The molecule has 6 heteroatoms. The predicted octanol–water partition coefficient (Wildman–Crippen LogP) is 2.87. The second kappa shape index (κ2) is 7.27. The zero-order valence-corrected chi connectivity index (χ0v) is 14.6. The Kier molecular flexibility index (Phi) is 5.13. The molecule has 1 saturated heterocycles. The number of hydrogen-bond donors (Lipinski definition) is 0. The highest BCUT2D eigenvalue weighted by molar-refractivity contribution is 7.08. The Hall–Kier alpha value is -1.66. The topological polar surface area (TPSA) is 41.4 Å². The molecule has 0 aliphatic carbocycles. The van der Waals surface area contributed by atoms with Gasteiger partial charge >= 0.3 is 0 Å². The Bertz CT molecular complexity index is 635. The molecule has 3 rings (SSSR count). The van der Waals surface area contributed by atoms with E-state index in [1.807, 2.05) is 32.6 Å². The number of carbonyl (C=O) groups excluding carboxylic acids is 1. The quantitative estimate of drug-likeness (QED) is 0.864. The van der Waals surface area contributed by atoms with Crippen LogP contribution in [-0.4, -0.2) is 51.7 Å². The molecule has 124 valence electrons.